The molecule has 0 bridgehead atoms. The maximum Gasteiger partial charge on any atom is 0.586 e. The summed E-state index contributed by atoms with van der Waals surface area (Å²) in [5.74, 6) is -0.266. The lowest BCUT2D eigenvalue weighted by molar-refractivity contribution is -0.286. The van der Waals surface area contributed by atoms with Crippen molar-refractivity contribution >= 4 is 28.6 Å². The molecule has 0 saturated carbocycles. The van der Waals surface area contributed by atoms with Gasteiger partial charge in [0.05, 0.1) is 0 Å². The molecule has 1 unspecified atom stereocenters. The molecular formula is C16H15F2N3O4S. The van der Waals surface area contributed by atoms with Gasteiger partial charge in [0.25, 0.3) is 0 Å². The Balaban J connectivity index is 1.65. The van der Waals surface area contributed by atoms with Crippen LogP contribution in [0.4, 0.5) is 19.3 Å². The van der Waals surface area contributed by atoms with Gasteiger partial charge in [-0.25, -0.2) is 4.79 Å². The van der Waals surface area contributed by atoms with Gasteiger partial charge < -0.3 is 19.5 Å². The van der Waals surface area contributed by atoms with E-state index in [2.05, 4.69) is 21.0 Å². The third kappa shape index (κ3) is 2.99. The summed E-state index contributed by atoms with van der Waals surface area (Å²) in [6.45, 7) is 5.03. The van der Waals surface area contributed by atoms with Gasteiger partial charge in [-0.1, -0.05) is 18.3 Å². The third-order valence-electron chi connectivity index (χ3n) is 4.19. The van der Waals surface area contributed by atoms with Gasteiger partial charge in [0, 0.05) is 29.7 Å². The average Bonchev–Trinajstić information content (AvgIpc) is 3.25. The summed E-state index contributed by atoms with van der Waals surface area (Å²) in [4.78, 5) is 19.7. The number of rotatable bonds is 1. The highest BCUT2D eigenvalue weighted by Crippen LogP contribution is 2.45. The van der Waals surface area contributed by atoms with Gasteiger partial charge in [0.15, 0.2) is 22.9 Å². The Bertz CT molecular complexity index is 811. The van der Waals surface area contributed by atoms with Crippen LogP contribution < -0.4 is 14.4 Å². The molecule has 2 amide bonds. The van der Waals surface area contributed by atoms with Gasteiger partial charge in [-0.3, -0.25) is 4.90 Å². The van der Waals surface area contributed by atoms with E-state index in [9.17, 15) is 18.7 Å². The molecule has 7 nitrogen and oxygen atoms in total. The molecule has 1 N–H and O–H groups in total. The molecule has 4 rings (SSSR count). The number of carbonyl (C=O) groups is 1. The van der Waals surface area contributed by atoms with Crippen LogP contribution in [0, 0.1) is 0 Å². The minimum Gasteiger partial charge on any atom is -0.395 e. The molecule has 3 heterocycles. The number of halogens is 2. The number of fused-ring (bicyclic) bond motifs is 1. The van der Waals surface area contributed by atoms with Crippen molar-refractivity contribution in [3.63, 3.8) is 0 Å². The number of amidine groups is 1. The van der Waals surface area contributed by atoms with Crippen LogP contribution in [0.3, 0.4) is 0 Å². The van der Waals surface area contributed by atoms with Crippen LogP contribution in [0.5, 0.6) is 11.5 Å². The number of carbonyl (C=O) groups excluding carboxylic acids is 1. The van der Waals surface area contributed by atoms with E-state index in [1.807, 2.05) is 0 Å². The standard InChI is InChI=1S/C16H15F2N3O4S/c1-9-13(22)21(15(26-9)19-14(23)20-6-2-3-7-20)10-4-5-11-12(8-10)25-16(17,18)24-11/h4-5,8,13,22H,1-3,6-7H2. The van der Waals surface area contributed by atoms with Crippen molar-refractivity contribution in [1.82, 2.24) is 4.90 Å². The van der Waals surface area contributed by atoms with Crippen LogP contribution >= 0.6 is 11.8 Å². The molecule has 138 valence electrons. The molecule has 3 aliphatic rings. The third-order valence-corrected chi connectivity index (χ3v) is 5.14. The first-order valence-corrected chi connectivity index (χ1v) is 8.77. The second kappa shape index (κ2) is 6.13. The lowest BCUT2D eigenvalue weighted by atomic mass is 10.2. The molecule has 26 heavy (non-hydrogen) atoms. The summed E-state index contributed by atoms with van der Waals surface area (Å²) in [5.41, 5.74) is 0.330. The summed E-state index contributed by atoms with van der Waals surface area (Å²) in [7, 11) is 0. The predicted molar refractivity (Wildman–Crippen MR) is 91.5 cm³/mol. The second-order valence-corrected chi connectivity index (χ2v) is 7.08. The van der Waals surface area contributed by atoms with E-state index in [-0.39, 0.29) is 16.7 Å². The maximum atomic E-state index is 13.2. The van der Waals surface area contributed by atoms with E-state index in [1.165, 1.54) is 23.1 Å². The quantitative estimate of drug-likeness (QED) is 0.804. The van der Waals surface area contributed by atoms with Crippen LogP contribution in [-0.4, -0.2) is 46.8 Å². The van der Waals surface area contributed by atoms with Crippen molar-refractivity contribution in [3.05, 3.63) is 29.7 Å². The van der Waals surface area contributed by atoms with Gasteiger partial charge in [-0.05, 0) is 25.0 Å². The summed E-state index contributed by atoms with van der Waals surface area (Å²) in [6.07, 6.45) is -3.02. The van der Waals surface area contributed by atoms with Crippen LogP contribution in [0.1, 0.15) is 12.8 Å². The summed E-state index contributed by atoms with van der Waals surface area (Å²) in [5, 5.41) is 10.6. The van der Waals surface area contributed by atoms with E-state index in [4.69, 9.17) is 0 Å². The largest absolute Gasteiger partial charge is 0.586 e. The van der Waals surface area contributed by atoms with Crippen molar-refractivity contribution in [2.24, 2.45) is 4.99 Å². The highest BCUT2D eigenvalue weighted by Gasteiger charge is 2.44. The first kappa shape index (κ1) is 17.1. The predicted octanol–water partition coefficient (Wildman–Crippen LogP) is 2.97. The van der Waals surface area contributed by atoms with Crippen molar-refractivity contribution in [1.29, 1.82) is 0 Å². The number of hydrogen-bond acceptors (Lipinski definition) is 5. The Kier molecular flexibility index (Phi) is 4.03. The minimum atomic E-state index is -3.73. The van der Waals surface area contributed by atoms with E-state index in [0.29, 0.717) is 23.7 Å². The summed E-state index contributed by atoms with van der Waals surface area (Å²) < 4.78 is 35.2. The van der Waals surface area contributed by atoms with E-state index < -0.39 is 18.6 Å². The molecule has 0 aliphatic carbocycles. The van der Waals surface area contributed by atoms with E-state index in [0.717, 1.165) is 24.6 Å². The van der Waals surface area contributed by atoms with Gasteiger partial charge in [0.2, 0.25) is 0 Å². The number of hydrogen-bond donors (Lipinski definition) is 1. The highest BCUT2D eigenvalue weighted by atomic mass is 32.2. The zero-order valence-corrected chi connectivity index (χ0v) is 14.3. The van der Waals surface area contributed by atoms with E-state index in [1.54, 1.807) is 4.90 Å². The molecule has 0 aromatic heterocycles. The molecular weight excluding hydrogens is 368 g/mol. The molecule has 0 spiro atoms. The molecule has 2 fully saturated rings. The molecule has 3 aliphatic heterocycles. The first-order chi connectivity index (χ1) is 12.3. The van der Waals surface area contributed by atoms with Gasteiger partial charge in [-0.2, -0.15) is 4.99 Å². The zero-order chi connectivity index (χ0) is 18.5. The van der Waals surface area contributed by atoms with E-state index >= 15 is 0 Å². The van der Waals surface area contributed by atoms with Crippen LogP contribution in [0.25, 0.3) is 0 Å². The monoisotopic (exact) mass is 383 g/mol. The number of ether oxygens (including phenoxy) is 2. The number of urea groups is 1. The van der Waals surface area contributed by atoms with Crippen LogP contribution in [0.15, 0.2) is 34.7 Å². The Hall–Kier alpha value is -2.33. The number of aliphatic hydroxyl groups is 1. The fraction of sp³-hybridized carbons (Fsp3) is 0.375. The minimum absolute atomic E-state index is 0.106. The Morgan fingerprint density at radius 1 is 1.31 bits per heavy atom. The number of benzene rings is 1. The maximum absolute atomic E-state index is 13.2. The molecule has 1 atom stereocenters. The lowest BCUT2D eigenvalue weighted by Crippen LogP contribution is -2.34. The second-order valence-electron chi connectivity index (χ2n) is 5.98. The fourth-order valence-electron chi connectivity index (χ4n) is 2.94. The average molecular weight is 383 g/mol. The summed E-state index contributed by atoms with van der Waals surface area (Å²) in [6, 6.07) is 3.68. The molecule has 10 heteroatoms. The number of alkyl halides is 2. The van der Waals surface area contributed by atoms with Gasteiger partial charge in [0.1, 0.15) is 0 Å². The van der Waals surface area contributed by atoms with Crippen LogP contribution in [0.2, 0.25) is 0 Å². The Morgan fingerprint density at radius 3 is 2.73 bits per heavy atom. The fourth-order valence-corrected chi connectivity index (χ4v) is 3.82. The number of thioether (sulfide) groups is 1. The zero-order valence-electron chi connectivity index (χ0n) is 13.5. The van der Waals surface area contributed by atoms with Crippen molar-refractivity contribution in [2.45, 2.75) is 25.4 Å². The van der Waals surface area contributed by atoms with Gasteiger partial charge in [-0.15, -0.1) is 8.78 Å². The van der Waals surface area contributed by atoms with Crippen molar-refractivity contribution in [3.8, 4) is 11.5 Å². The highest BCUT2D eigenvalue weighted by molar-refractivity contribution is 8.18. The smallest absolute Gasteiger partial charge is 0.395 e. The number of nitrogens with zero attached hydrogens (tertiary/aromatic N) is 3. The molecule has 1 aromatic rings. The molecule has 1 aromatic carbocycles. The summed E-state index contributed by atoms with van der Waals surface area (Å²) >= 11 is 1.06. The first-order valence-electron chi connectivity index (χ1n) is 7.95. The topological polar surface area (TPSA) is 74.6 Å². The molecule has 0 radical (unpaired) electrons. The van der Waals surface area contributed by atoms with Crippen LogP contribution in [-0.2, 0) is 0 Å². The van der Waals surface area contributed by atoms with Crippen molar-refractivity contribution < 1.29 is 28.2 Å². The SMILES string of the molecule is C=C1SC(=NC(=O)N2CCCC2)N(c2ccc3c(c2)OC(F)(F)O3)C1O. The number of aliphatic hydroxyl groups excluding tert-OH is 1. The number of amides is 2. The molecule has 2 saturated heterocycles. The Labute approximate surface area is 151 Å². The lowest BCUT2D eigenvalue weighted by Gasteiger charge is -2.22. The normalized spacial score (nSPS) is 25.4. The van der Waals surface area contributed by atoms with Gasteiger partial charge >= 0.3 is 12.3 Å². The number of likely N-dealkylation sites (tertiary alicyclic amines) is 1. The number of aliphatic imine (C=N–C) groups is 1. The Morgan fingerprint density at radius 2 is 2.00 bits per heavy atom. The van der Waals surface area contributed by atoms with Crippen molar-refractivity contribution in [2.75, 3.05) is 18.0 Å². The number of anilines is 1.